The van der Waals surface area contributed by atoms with Crippen LogP contribution in [0.5, 0.6) is 0 Å². The van der Waals surface area contributed by atoms with Crippen molar-refractivity contribution in [1.29, 1.82) is 0 Å². The first-order valence-corrected chi connectivity index (χ1v) is 12.2. The van der Waals surface area contributed by atoms with Crippen molar-refractivity contribution in [2.75, 3.05) is 5.32 Å². The Kier molecular flexibility index (Phi) is 5.67. The molecular weight excluding hydrogens is 475 g/mol. The van der Waals surface area contributed by atoms with Crippen LogP contribution in [-0.2, 0) is 6.18 Å². The minimum Gasteiger partial charge on any atom is -0.352 e. The molecule has 1 N–H and O–H groups in total. The zero-order valence-electron chi connectivity index (χ0n) is 20.1. The van der Waals surface area contributed by atoms with E-state index in [2.05, 4.69) is 10.3 Å². The number of benzene rings is 3. The van der Waals surface area contributed by atoms with Crippen LogP contribution >= 0.6 is 0 Å². The Balaban J connectivity index is 1.60. The molecule has 2 aromatic carbocycles. The Hall–Kier alpha value is -4.20. The molecule has 0 saturated heterocycles. The van der Waals surface area contributed by atoms with E-state index in [0.29, 0.717) is 11.4 Å². The normalized spacial score (nSPS) is 14.8. The van der Waals surface area contributed by atoms with E-state index in [4.69, 9.17) is 9.98 Å². The minimum absolute atomic E-state index is 0.251. The Labute approximate surface area is 211 Å². The molecule has 0 radical (unpaired) electrons. The standard InChI is InChI=1S/C29H24F3N5/c1-18-22(9-5-15-33-18)35-24-16-26-28(17-25(24)34-20-6-4-7-20)37(27-10-3-2-8-23(27)36-26)21-13-11-19(12-14-21)29(30,31)32/h2-3,5,8-17,20,35H,4,6-7H2,1H3. The molecule has 3 aliphatic rings. The van der Waals surface area contributed by atoms with Crippen LogP contribution in [0.2, 0.25) is 0 Å². The highest BCUT2D eigenvalue weighted by molar-refractivity contribution is 5.84. The number of halogens is 3. The summed E-state index contributed by atoms with van der Waals surface area (Å²) in [6.07, 6.45) is 0.590. The molecular formula is C29H24F3N5. The number of nitrogens with zero attached hydrogens (tertiary/aromatic N) is 4. The molecule has 0 unspecified atom stereocenters. The van der Waals surface area contributed by atoms with Gasteiger partial charge in [0, 0.05) is 11.9 Å². The van der Waals surface area contributed by atoms with E-state index in [1.165, 1.54) is 12.1 Å². The molecule has 6 rings (SSSR count). The van der Waals surface area contributed by atoms with E-state index in [0.717, 1.165) is 70.5 Å². The van der Waals surface area contributed by atoms with Crippen LogP contribution in [0.4, 0.5) is 24.5 Å². The van der Waals surface area contributed by atoms with Crippen molar-refractivity contribution in [3.05, 3.63) is 95.6 Å². The van der Waals surface area contributed by atoms with E-state index in [1.54, 1.807) is 6.20 Å². The van der Waals surface area contributed by atoms with Crippen molar-refractivity contribution in [2.45, 2.75) is 38.4 Å². The van der Waals surface area contributed by atoms with E-state index >= 15 is 0 Å². The predicted molar refractivity (Wildman–Crippen MR) is 138 cm³/mol. The number of aromatic nitrogens is 3. The summed E-state index contributed by atoms with van der Waals surface area (Å²) in [5.41, 5.74) is 5.51. The van der Waals surface area contributed by atoms with Gasteiger partial charge in [-0.3, -0.25) is 9.98 Å². The molecule has 0 amide bonds. The molecule has 37 heavy (non-hydrogen) atoms. The summed E-state index contributed by atoms with van der Waals surface area (Å²) in [5.74, 6) is 0. The SMILES string of the molecule is Cc1ncccc1Nc1cc2nc3ccccc3n(-c3ccc(C(F)(F)F)cc3)c-2cc1=NC1CCC1. The largest absolute Gasteiger partial charge is 0.416 e. The monoisotopic (exact) mass is 499 g/mol. The maximum absolute atomic E-state index is 13.3. The highest BCUT2D eigenvalue weighted by atomic mass is 19.4. The third kappa shape index (κ3) is 4.43. The van der Waals surface area contributed by atoms with Gasteiger partial charge in [0.05, 0.1) is 56.5 Å². The molecule has 1 fully saturated rings. The van der Waals surface area contributed by atoms with Gasteiger partial charge in [0.25, 0.3) is 0 Å². The molecule has 8 heteroatoms. The molecule has 0 bridgehead atoms. The topological polar surface area (TPSA) is 55.1 Å². The predicted octanol–water partition coefficient (Wildman–Crippen LogP) is 7.05. The summed E-state index contributed by atoms with van der Waals surface area (Å²) in [4.78, 5) is 14.3. The molecule has 186 valence electrons. The number of nitrogens with one attached hydrogen (secondary N) is 1. The highest BCUT2D eigenvalue weighted by Crippen LogP contribution is 2.33. The third-order valence-electron chi connectivity index (χ3n) is 6.82. The van der Waals surface area contributed by atoms with Gasteiger partial charge in [-0.25, -0.2) is 4.98 Å². The summed E-state index contributed by atoms with van der Waals surface area (Å²) >= 11 is 0. The zero-order chi connectivity index (χ0) is 25.6. The number of aryl methyl sites for hydroxylation is 1. The number of hydrogen-bond donors (Lipinski definition) is 1. The van der Waals surface area contributed by atoms with Crippen molar-refractivity contribution in [3.63, 3.8) is 0 Å². The third-order valence-corrected chi connectivity index (χ3v) is 6.82. The van der Waals surface area contributed by atoms with Gasteiger partial charge >= 0.3 is 6.18 Å². The van der Waals surface area contributed by atoms with Crippen LogP contribution in [0.1, 0.15) is 30.5 Å². The number of pyridine rings is 1. The summed E-state index contributed by atoms with van der Waals surface area (Å²) in [6, 6.07) is 20.9. The number of fused-ring (bicyclic) bond motifs is 2. The van der Waals surface area contributed by atoms with Crippen LogP contribution in [-0.4, -0.2) is 20.6 Å². The molecule has 0 atom stereocenters. The van der Waals surface area contributed by atoms with Gasteiger partial charge in [-0.15, -0.1) is 0 Å². The molecule has 2 heterocycles. The van der Waals surface area contributed by atoms with Gasteiger partial charge in [-0.1, -0.05) is 12.1 Å². The fourth-order valence-corrected chi connectivity index (χ4v) is 4.60. The second-order valence-corrected chi connectivity index (χ2v) is 9.31. The maximum Gasteiger partial charge on any atom is 0.416 e. The van der Waals surface area contributed by atoms with Gasteiger partial charge in [-0.05, 0) is 86.8 Å². The lowest BCUT2D eigenvalue weighted by molar-refractivity contribution is -0.137. The van der Waals surface area contributed by atoms with E-state index < -0.39 is 11.7 Å². The Morgan fingerprint density at radius 2 is 1.73 bits per heavy atom. The molecule has 0 spiro atoms. The fourth-order valence-electron chi connectivity index (χ4n) is 4.60. The van der Waals surface area contributed by atoms with Crippen molar-refractivity contribution < 1.29 is 13.2 Å². The van der Waals surface area contributed by atoms with Crippen molar-refractivity contribution in [3.8, 4) is 17.1 Å². The second kappa shape index (κ2) is 9.03. The molecule has 2 aliphatic carbocycles. The maximum atomic E-state index is 13.3. The van der Waals surface area contributed by atoms with Gasteiger partial charge in [0.1, 0.15) is 0 Å². The minimum atomic E-state index is -4.40. The van der Waals surface area contributed by atoms with Crippen molar-refractivity contribution in [1.82, 2.24) is 14.5 Å². The van der Waals surface area contributed by atoms with Crippen LogP contribution in [0.25, 0.3) is 28.1 Å². The quantitative estimate of drug-likeness (QED) is 0.270. The Morgan fingerprint density at radius 3 is 2.43 bits per heavy atom. The number of para-hydroxylation sites is 2. The summed E-state index contributed by atoms with van der Waals surface area (Å²) in [6.45, 7) is 1.94. The molecule has 1 aliphatic heterocycles. The number of hydrogen-bond acceptors (Lipinski definition) is 4. The van der Waals surface area contributed by atoms with E-state index in [9.17, 15) is 13.2 Å². The molecule has 5 nitrogen and oxygen atoms in total. The molecule has 3 aromatic rings. The van der Waals surface area contributed by atoms with Crippen LogP contribution in [0.3, 0.4) is 0 Å². The van der Waals surface area contributed by atoms with Gasteiger partial charge in [0.15, 0.2) is 0 Å². The first-order chi connectivity index (χ1) is 17.9. The summed E-state index contributed by atoms with van der Waals surface area (Å²) < 4.78 is 41.7. The zero-order valence-corrected chi connectivity index (χ0v) is 20.1. The Morgan fingerprint density at radius 1 is 0.946 bits per heavy atom. The van der Waals surface area contributed by atoms with Gasteiger partial charge < -0.3 is 9.88 Å². The molecule has 1 aromatic heterocycles. The fraction of sp³-hybridized carbons (Fsp3) is 0.207. The Bertz CT molecular complexity index is 1630. The summed E-state index contributed by atoms with van der Waals surface area (Å²) in [5, 5.41) is 4.28. The average Bonchev–Trinajstić information content (AvgIpc) is 2.86. The first kappa shape index (κ1) is 23.2. The molecule has 1 saturated carbocycles. The average molecular weight is 500 g/mol. The number of anilines is 2. The lowest BCUT2D eigenvalue weighted by Crippen LogP contribution is -2.22. The van der Waals surface area contributed by atoms with Crippen molar-refractivity contribution >= 4 is 22.4 Å². The van der Waals surface area contributed by atoms with Crippen LogP contribution in [0, 0.1) is 6.92 Å². The van der Waals surface area contributed by atoms with Crippen LogP contribution in [0.15, 0.2) is 84.0 Å². The van der Waals surface area contributed by atoms with Crippen LogP contribution < -0.4 is 10.7 Å². The lowest BCUT2D eigenvalue weighted by atomic mass is 9.94. The smallest absolute Gasteiger partial charge is 0.352 e. The number of rotatable bonds is 4. The van der Waals surface area contributed by atoms with E-state index in [-0.39, 0.29) is 6.04 Å². The van der Waals surface area contributed by atoms with Crippen molar-refractivity contribution in [2.24, 2.45) is 4.99 Å². The number of alkyl halides is 3. The highest BCUT2D eigenvalue weighted by Gasteiger charge is 2.30. The van der Waals surface area contributed by atoms with E-state index in [1.807, 2.05) is 60.0 Å². The first-order valence-electron chi connectivity index (χ1n) is 12.2. The lowest BCUT2D eigenvalue weighted by Gasteiger charge is -2.23. The summed E-state index contributed by atoms with van der Waals surface area (Å²) in [7, 11) is 0. The second-order valence-electron chi connectivity index (χ2n) is 9.31. The van der Waals surface area contributed by atoms with Gasteiger partial charge in [-0.2, -0.15) is 13.2 Å². The van der Waals surface area contributed by atoms with Gasteiger partial charge in [0.2, 0.25) is 0 Å².